The van der Waals surface area contributed by atoms with Gasteiger partial charge in [0.1, 0.15) is 6.54 Å². The molecule has 1 fully saturated rings. The molecule has 1 aromatic heterocycles. The smallest absolute Gasteiger partial charge is 0.218 e. The van der Waals surface area contributed by atoms with Crippen LogP contribution in [0.1, 0.15) is 34.2 Å². The van der Waals surface area contributed by atoms with E-state index in [1.165, 1.54) is 16.2 Å². The predicted octanol–water partition coefficient (Wildman–Crippen LogP) is 1.93. The van der Waals surface area contributed by atoms with Crippen LogP contribution >= 0.6 is 0 Å². The Kier molecular flexibility index (Phi) is 5.00. The minimum absolute atomic E-state index is 0.271. The molecular formula is C21H30N3O+. The Labute approximate surface area is 151 Å². The molecule has 2 heterocycles. The Morgan fingerprint density at radius 1 is 1.24 bits per heavy atom. The monoisotopic (exact) mass is 340 g/mol. The normalized spacial score (nSPS) is 20.8. The molecule has 1 N–H and O–H groups in total. The van der Waals surface area contributed by atoms with Gasteiger partial charge in [0.25, 0.3) is 0 Å². The highest BCUT2D eigenvalue weighted by Gasteiger charge is 2.29. The number of carbonyl (C=O) groups is 1. The lowest BCUT2D eigenvalue weighted by Crippen LogP contribution is -3.16. The topological polar surface area (TPSA) is 29.7 Å². The van der Waals surface area contributed by atoms with Crippen molar-refractivity contribution >= 4 is 11.5 Å². The van der Waals surface area contributed by atoms with Gasteiger partial charge in [-0.05, 0) is 51.5 Å². The number of piperazine rings is 1. The molecule has 0 amide bonds. The van der Waals surface area contributed by atoms with Crippen molar-refractivity contribution in [2.45, 2.75) is 33.7 Å². The van der Waals surface area contributed by atoms with Crippen LogP contribution in [0.15, 0.2) is 30.3 Å². The van der Waals surface area contributed by atoms with E-state index in [2.05, 4.69) is 54.5 Å². The molecule has 0 radical (unpaired) electrons. The zero-order valence-corrected chi connectivity index (χ0v) is 16.1. The number of aromatic nitrogens is 1. The van der Waals surface area contributed by atoms with Crippen molar-refractivity contribution in [2.24, 2.45) is 7.05 Å². The molecule has 0 spiro atoms. The van der Waals surface area contributed by atoms with Crippen LogP contribution in [0.3, 0.4) is 0 Å². The average Bonchev–Trinajstić information content (AvgIpc) is 2.82. The fraction of sp³-hybridized carbons (Fsp3) is 0.476. The van der Waals surface area contributed by atoms with Gasteiger partial charge in [0.2, 0.25) is 5.78 Å². The van der Waals surface area contributed by atoms with Gasteiger partial charge >= 0.3 is 0 Å². The summed E-state index contributed by atoms with van der Waals surface area (Å²) in [4.78, 5) is 16.6. The number of anilines is 1. The molecule has 4 heteroatoms. The molecule has 0 saturated carbocycles. The summed E-state index contributed by atoms with van der Waals surface area (Å²) in [7, 11) is 2.02. The Morgan fingerprint density at radius 2 is 2.00 bits per heavy atom. The lowest BCUT2D eigenvalue weighted by Gasteiger charge is -2.38. The van der Waals surface area contributed by atoms with Gasteiger partial charge in [-0.2, -0.15) is 0 Å². The number of ketones is 1. The van der Waals surface area contributed by atoms with Crippen LogP contribution in [0.2, 0.25) is 0 Å². The highest BCUT2D eigenvalue weighted by Crippen LogP contribution is 2.19. The van der Waals surface area contributed by atoms with E-state index in [1.54, 1.807) is 0 Å². The molecule has 1 unspecified atom stereocenters. The van der Waals surface area contributed by atoms with Gasteiger partial charge in [0.15, 0.2) is 0 Å². The molecule has 1 aromatic carbocycles. The third kappa shape index (κ3) is 3.64. The second-order valence-electron chi connectivity index (χ2n) is 7.53. The van der Waals surface area contributed by atoms with E-state index in [9.17, 15) is 4.79 Å². The van der Waals surface area contributed by atoms with E-state index in [0.717, 1.165) is 36.6 Å². The largest absolute Gasteiger partial charge is 0.358 e. The Balaban J connectivity index is 1.65. The molecule has 4 nitrogen and oxygen atoms in total. The van der Waals surface area contributed by atoms with Crippen LogP contribution in [-0.4, -0.2) is 42.6 Å². The van der Waals surface area contributed by atoms with Crippen molar-refractivity contribution < 1.29 is 9.69 Å². The van der Waals surface area contributed by atoms with E-state index < -0.39 is 0 Å². The molecule has 2 aromatic rings. The molecule has 3 rings (SSSR count). The fourth-order valence-electron chi connectivity index (χ4n) is 3.94. The van der Waals surface area contributed by atoms with E-state index >= 15 is 0 Å². The first-order chi connectivity index (χ1) is 11.9. The first-order valence-electron chi connectivity index (χ1n) is 9.20. The molecule has 1 aliphatic rings. The number of Topliss-reactive ketones (excluding diaryl/α,β-unsaturated/α-hetero) is 1. The van der Waals surface area contributed by atoms with Crippen molar-refractivity contribution in [1.82, 2.24) is 4.57 Å². The van der Waals surface area contributed by atoms with Crippen LogP contribution < -0.4 is 9.80 Å². The third-order valence-electron chi connectivity index (χ3n) is 5.64. The van der Waals surface area contributed by atoms with Gasteiger partial charge in [0.05, 0.1) is 25.7 Å². The van der Waals surface area contributed by atoms with Crippen molar-refractivity contribution in [3.63, 3.8) is 0 Å². The zero-order valence-electron chi connectivity index (χ0n) is 16.1. The zero-order chi connectivity index (χ0) is 18.1. The molecule has 25 heavy (non-hydrogen) atoms. The van der Waals surface area contributed by atoms with Gasteiger partial charge in [-0.25, -0.2) is 0 Å². The third-order valence-corrected chi connectivity index (χ3v) is 5.64. The summed E-state index contributed by atoms with van der Waals surface area (Å²) in [5.41, 5.74) is 5.71. The highest BCUT2D eigenvalue weighted by molar-refractivity contribution is 5.98. The van der Waals surface area contributed by atoms with Gasteiger partial charge in [0, 0.05) is 29.7 Å². The number of nitrogens with zero attached hydrogens (tertiary/aromatic N) is 2. The first-order valence-corrected chi connectivity index (χ1v) is 9.20. The van der Waals surface area contributed by atoms with E-state index in [0.29, 0.717) is 12.6 Å². The summed E-state index contributed by atoms with van der Waals surface area (Å²) in [6, 6.07) is 11.2. The molecule has 134 valence electrons. The molecule has 1 aliphatic heterocycles. The maximum atomic E-state index is 12.8. The minimum atomic E-state index is 0.271. The molecule has 0 bridgehead atoms. The van der Waals surface area contributed by atoms with Crippen LogP contribution in [0.25, 0.3) is 0 Å². The fourth-order valence-corrected chi connectivity index (χ4v) is 3.94. The average molecular weight is 340 g/mol. The number of rotatable bonds is 4. The van der Waals surface area contributed by atoms with Crippen molar-refractivity contribution in [3.8, 4) is 0 Å². The van der Waals surface area contributed by atoms with Crippen molar-refractivity contribution in [3.05, 3.63) is 52.8 Å². The summed E-state index contributed by atoms with van der Waals surface area (Å²) < 4.78 is 2.10. The van der Waals surface area contributed by atoms with E-state index in [-0.39, 0.29) is 5.78 Å². The lowest BCUT2D eigenvalue weighted by molar-refractivity contribution is -0.894. The maximum absolute atomic E-state index is 12.8. The second kappa shape index (κ2) is 7.04. The van der Waals surface area contributed by atoms with Crippen molar-refractivity contribution in [2.75, 3.05) is 31.1 Å². The van der Waals surface area contributed by atoms with E-state index in [1.807, 2.05) is 20.0 Å². The molecule has 1 saturated heterocycles. The highest BCUT2D eigenvalue weighted by atomic mass is 16.1. The Morgan fingerprint density at radius 3 is 2.60 bits per heavy atom. The number of hydrogen-bond donors (Lipinski definition) is 1. The Bertz CT molecular complexity index is 777. The van der Waals surface area contributed by atoms with Crippen molar-refractivity contribution in [1.29, 1.82) is 0 Å². The van der Waals surface area contributed by atoms with Gasteiger partial charge in [-0.3, -0.25) is 4.79 Å². The summed E-state index contributed by atoms with van der Waals surface area (Å²) in [6.45, 7) is 12.1. The summed E-state index contributed by atoms with van der Waals surface area (Å²) in [5, 5.41) is 0. The summed E-state index contributed by atoms with van der Waals surface area (Å²) in [6.07, 6.45) is 0. The van der Waals surface area contributed by atoms with E-state index in [4.69, 9.17) is 0 Å². The van der Waals surface area contributed by atoms with Gasteiger partial charge < -0.3 is 14.4 Å². The van der Waals surface area contributed by atoms with Crippen LogP contribution in [0, 0.1) is 20.8 Å². The van der Waals surface area contributed by atoms with Crippen LogP contribution in [-0.2, 0) is 7.05 Å². The lowest BCUT2D eigenvalue weighted by atomic mass is 10.1. The SMILES string of the molecule is Cc1cccc(N2CC[NH+](CC(=O)c3cc(C)n(C)c3C)C[C@@H]2C)c1. The number of nitrogens with one attached hydrogen (secondary N) is 1. The second-order valence-corrected chi connectivity index (χ2v) is 7.53. The quantitative estimate of drug-likeness (QED) is 0.862. The first kappa shape index (κ1) is 17.7. The summed E-state index contributed by atoms with van der Waals surface area (Å²) in [5.74, 6) is 0.271. The number of hydrogen-bond acceptors (Lipinski definition) is 2. The summed E-state index contributed by atoms with van der Waals surface area (Å²) >= 11 is 0. The maximum Gasteiger partial charge on any atom is 0.218 e. The predicted molar refractivity (Wildman–Crippen MR) is 103 cm³/mol. The number of benzene rings is 1. The van der Waals surface area contributed by atoms with Crippen LogP contribution in [0.4, 0.5) is 5.69 Å². The molecular weight excluding hydrogens is 310 g/mol. The Hall–Kier alpha value is -2.07. The minimum Gasteiger partial charge on any atom is -0.358 e. The standard InChI is InChI=1S/C21H29N3O/c1-15-7-6-8-19(11-15)24-10-9-23(13-17(24)3)14-21(25)20-12-16(2)22(5)18(20)4/h6-8,11-12,17H,9-10,13-14H2,1-5H3/p+1/t17-/m0/s1. The number of quaternary nitrogens is 1. The van der Waals surface area contributed by atoms with Gasteiger partial charge in [-0.1, -0.05) is 12.1 Å². The molecule has 0 aliphatic carbocycles. The number of aryl methyl sites for hydroxylation is 2. The van der Waals surface area contributed by atoms with Crippen LogP contribution in [0.5, 0.6) is 0 Å². The molecule has 2 atom stereocenters. The van der Waals surface area contributed by atoms with Gasteiger partial charge in [-0.15, -0.1) is 0 Å². The number of carbonyl (C=O) groups excluding carboxylic acids is 1.